The molecule has 5 heteroatoms. The standard InChI is InChI=1S/C16H15N3O2/c17-10-9-15-18-16(19-21-15)12-5-4-8-14(11-12)20-13-6-2-1-3-7-13/h1-8,11H,9-10,17H2. The van der Waals surface area contributed by atoms with E-state index in [9.17, 15) is 0 Å². The van der Waals surface area contributed by atoms with E-state index in [0.717, 1.165) is 17.1 Å². The Hall–Kier alpha value is -2.66. The van der Waals surface area contributed by atoms with Crippen molar-refractivity contribution in [2.75, 3.05) is 6.54 Å². The molecule has 0 saturated heterocycles. The van der Waals surface area contributed by atoms with Crippen molar-refractivity contribution in [1.82, 2.24) is 10.1 Å². The monoisotopic (exact) mass is 281 g/mol. The van der Waals surface area contributed by atoms with Gasteiger partial charge in [-0.3, -0.25) is 0 Å². The molecule has 0 aliphatic rings. The first-order valence-electron chi connectivity index (χ1n) is 6.71. The van der Waals surface area contributed by atoms with E-state index in [2.05, 4.69) is 10.1 Å². The number of nitrogens with two attached hydrogens (primary N) is 1. The number of rotatable bonds is 5. The molecule has 0 aliphatic carbocycles. The molecule has 0 spiro atoms. The Bertz CT molecular complexity index is 710. The molecule has 0 atom stereocenters. The third-order valence-electron chi connectivity index (χ3n) is 2.90. The maximum absolute atomic E-state index is 5.79. The van der Waals surface area contributed by atoms with Gasteiger partial charge in [0.25, 0.3) is 0 Å². The highest BCUT2D eigenvalue weighted by atomic mass is 16.5. The van der Waals surface area contributed by atoms with Gasteiger partial charge in [-0.25, -0.2) is 0 Å². The maximum atomic E-state index is 5.79. The van der Waals surface area contributed by atoms with Gasteiger partial charge in [0, 0.05) is 18.5 Å². The van der Waals surface area contributed by atoms with E-state index in [-0.39, 0.29) is 0 Å². The molecule has 0 radical (unpaired) electrons. The molecule has 2 aromatic carbocycles. The molecule has 0 fully saturated rings. The van der Waals surface area contributed by atoms with Gasteiger partial charge in [-0.15, -0.1) is 0 Å². The highest BCUT2D eigenvalue weighted by Gasteiger charge is 2.09. The number of benzene rings is 2. The second-order valence-corrected chi connectivity index (χ2v) is 4.49. The van der Waals surface area contributed by atoms with Gasteiger partial charge in [0.05, 0.1) is 0 Å². The molecule has 1 heterocycles. The summed E-state index contributed by atoms with van der Waals surface area (Å²) in [6.07, 6.45) is 0.577. The van der Waals surface area contributed by atoms with E-state index in [1.165, 1.54) is 0 Å². The number of ether oxygens (including phenoxy) is 1. The third-order valence-corrected chi connectivity index (χ3v) is 2.90. The molecule has 3 aromatic rings. The van der Waals surface area contributed by atoms with Crippen LogP contribution in [0.25, 0.3) is 11.4 Å². The van der Waals surface area contributed by atoms with Crippen LogP contribution in [-0.2, 0) is 6.42 Å². The minimum atomic E-state index is 0.485. The van der Waals surface area contributed by atoms with Crippen LogP contribution in [0.4, 0.5) is 0 Å². The molecule has 1 aromatic heterocycles. The van der Waals surface area contributed by atoms with E-state index in [0.29, 0.717) is 24.7 Å². The summed E-state index contributed by atoms with van der Waals surface area (Å²) in [6.45, 7) is 0.485. The molecule has 0 bridgehead atoms. The topological polar surface area (TPSA) is 74.2 Å². The summed E-state index contributed by atoms with van der Waals surface area (Å²) in [5, 5.41) is 3.96. The number of hydrogen-bond donors (Lipinski definition) is 1. The average molecular weight is 281 g/mol. The summed E-state index contributed by atoms with van der Waals surface area (Å²) >= 11 is 0. The van der Waals surface area contributed by atoms with Crippen LogP contribution in [0.1, 0.15) is 5.89 Å². The molecule has 0 unspecified atom stereocenters. The minimum absolute atomic E-state index is 0.485. The number of nitrogens with zero attached hydrogens (tertiary/aromatic N) is 2. The second-order valence-electron chi connectivity index (χ2n) is 4.49. The Morgan fingerprint density at radius 2 is 1.81 bits per heavy atom. The Morgan fingerprint density at radius 1 is 1.00 bits per heavy atom. The minimum Gasteiger partial charge on any atom is -0.457 e. The average Bonchev–Trinajstić information content (AvgIpc) is 2.98. The first kappa shape index (κ1) is 13.3. The normalized spacial score (nSPS) is 10.5. The molecular weight excluding hydrogens is 266 g/mol. The quantitative estimate of drug-likeness (QED) is 0.778. The van der Waals surface area contributed by atoms with Crippen LogP contribution in [0.2, 0.25) is 0 Å². The van der Waals surface area contributed by atoms with E-state index in [1.807, 2.05) is 54.6 Å². The lowest BCUT2D eigenvalue weighted by Gasteiger charge is -2.05. The first-order chi connectivity index (χ1) is 10.3. The van der Waals surface area contributed by atoms with Crippen LogP contribution < -0.4 is 10.5 Å². The zero-order valence-corrected chi connectivity index (χ0v) is 11.4. The summed E-state index contributed by atoms with van der Waals surface area (Å²) in [5.41, 5.74) is 6.31. The van der Waals surface area contributed by atoms with Gasteiger partial charge >= 0.3 is 0 Å². The highest BCUT2D eigenvalue weighted by Crippen LogP contribution is 2.25. The molecule has 2 N–H and O–H groups in total. The molecular formula is C16H15N3O2. The van der Waals surface area contributed by atoms with E-state index in [1.54, 1.807) is 0 Å². The van der Waals surface area contributed by atoms with Gasteiger partial charge in [-0.05, 0) is 24.3 Å². The fraction of sp³-hybridized carbons (Fsp3) is 0.125. The highest BCUT2D eigenvalue weighted by molar-refractivity contribution is 5.57. The molecule has 0 aliphatic heterocycles. The lowest BCUT2D eigenvalue weighted by Crippen LogP contribution is -2.02. The molecule has 3 rings (SSSR count). The van der Waals surface area contributed by atoms with Crippen LogP contribution in [-0.4, -0.2) is 16.7 Å². The van der Waals surface area contributed by atoms with Crippen molar-refractivity contribution in [1.29, 1.82) is 0 Å². The molecule has 5 nitrogen and oxygen atoms in total. The van der Waals surface area contributed by atoms with Crippen molar-refractivity contribution in [3.05, 3.63) is 60.5 Å². The van der Waals surface area contributed by atoms with Crippen molar-refractivity contribution in [3.8, 4) is 22.9 Å². The van der Waals surface area contributed by atoms with Crippen LogP contribution in [0.15, 0.2) is 59.1 Å². The van der Waals surface area contributed by atoms with E-state index < -0.39 is 0 Å². The van der Waals surface area contributed by atoms with Gasteiger partial charge in [0.1, 0.15) is 11.5 Å². The van der Waals surface area contributed by atoms with Crippen molar-refractivity contribution in [2.45, 2.75) is 6.42 Å². The lowest BCUT2D eigenvalue weighted by molar-refractivity contribution is 0.380. The van der Waals surface area contributed by atoms with Crippen molar-refractivity contribution >= 4 is 0 Å². The number of para-hydroxylation sites is 1. The van der Waals surface area contributed by atoms with Crippen LogP contribution in [0, 0.1) is 0 Å². The zero-order valence-electron chi connectivity index (χ0n) is 11.4. The van der Waals surface area contributed by atoms with E-state index >= 15 is 0 Å². The summed E-state index contributed by atoms with van der Waals surface area (Å²) in [4.78, 5) is 4.31. The fourth-order valence-electron chi connectivity index (χ4n) is 1.92. The van der Waals surface area contributed by atoms with E-state index in [4.69, 9.17) is 15.0 Å². The maximum Gasteiger partial charge on any atom is 0.228 e. The van der Waals surface area contributed by atoms with Gasteiger partial charge in [-0.1, -0.05) is 35.5 Å². The third kappa shape index (κ3) is 3.27. The summed E-state index contributed by atoms with van der Waals surface area (Å²) in [5.74, 6) is 2.59. The van der Waals surface area contributed by atoms with Crippen LogP contribution in [0.3, 0.4) is 0 Å². The summed E-state index contributed by atoms with van der Waals surface area (Å²) < 4.78 is 10.9. The predicted octanol–water partition coefficient (Wildman–Crippen LogP) is 3.03. The van der Waals surface area contributed by atoms with Gasteiger partial charge in [0.15, 0.2) is 0 Å². The van der Waals surface area contributed by atoms with Gasteiger partial charge in [-0.2, -0.15) is 4.98 Å². The zero-order chi connectivity index (χ0) is 14.5. The predicted molar refractivity (Wildman–Crippen MR) is 79.0 cm³/mol. The van der Waals surface area contributed by atoms with Crippen LogP contribution >= 0.6 is 0 Å². The Morgan fingerprint density at radius 3 is 2.62 bits per heavy atom. The van der Waals surface area contributed by atoms with Crippen LogP contribution in [0.5, 0.6) is 11.5 Å². The van der Waals surface area contributed by atoms with Crippen molar-refractivity contribution in [2.24, 2.45) is 5.73 Å². The SMILES string of the molecule is NCCc1nc(-c2cccc(Oc3ccccc3)c2)no1. The number of aromatic nitrogens is 2. The smallest absolute Gasteiger partial charge is 0.228 e. The molecule has 106 valence electrons. The molecule has 0 saturated carbocycles. The summed E-state index contributed by atoms with van der Waals surface area (Å²) in [7, 11) is 0. The lowest BCUT2D eigenvalue weighted by atomic mass is 10.2. The Kier molecular flexibility index (Phi) is 3.93. The van der Waals surface area contributed by atoms with Gasteiger partial charge in [0.2, 0.25) is 11.7 Å². The van der Waals surface area contributed by atoms with Gasteiger partial charge < -0.3 is 15.0 Å². The van der Waals surface area contributed by atoms with Crippen molar-refractivity contribution in [3.63, 3.8) is 0 Å². The Labute approximate surface area is 122 Å². The first-order valence-corrected chi connectivity index (χ1v) is 6.71. The fourth-order valence-corrected chi connectivity index (χ4v) is 1.92. The number of hydrogen-bond acceptors (Lipinski definition) is 5. The molecule has 0 amide bonds. The Balaban J connectivity index is 1.82. The largest absolute Gasteiger partial charge is 0.457 e. The summed E-state index contributed by atoms with van der Waals surface area (Å²) in [6, 6.07) is 17.2. The van der Waals surface area contributed by atoms with Crippen molar-refractivity contribution < 1.29 is 9.26 Å². The molecule has 21 heavy (non-hydrogen) atoms. The second kappa shape index (κ2) is 6.19.